The Morgan fingerprint density at radius 1 is 1.25 bits per heavy atom. The average Bonchev–Trinajstić information content (AvgIpc) is 2.57. The molecular weight excluding hydrogens is 308 g/mol. The second-order valence-electron chi connectivity index (χ2n) is 6.62. The number of H-pyrrole nitrogens is 1. The van der Waals surface area contributed by atoms with Crippen LogP contribution >= 0.6 is 0 Å². The lowest BCUT2D eigenvalue weighted by atomic mass is 9.77. The molecule has 1 aliphatic rings. The van der Waals surface area contributed by atoms with Gasteiger partial charge in [-0.1, -0.05) is 25.1 Å². The number of carbonyl (C=O) groups excluding carboxylic acids is 1. The summed E-state index contributed by atoms with van der Waals surface area (Å²) < 4.78 is 0. The highest BCUT2D eigenvalue weighted by Gasteiger charge is 2.42. The molecule has 24 heavy (non-hydrogen) atoms. The summed E-state index contributed by atoms with van der Waals surface area (Å²) in [5, 5.41) is 13.4. The minimum Gasteiger partial charge on any atom is -0.480 e. The van der Waals surface area contributed by atoms with Crippen molar-refractivity contribution in [1.82, 2.24) is 10.3 Å². The van der Waals surface area contributed by atoms with E-state index in [1.54, 1.807) is 30.3 Å². The van der Waals surface area contributed by atoms with E-state index in [1.807, 2.05) is 0 Å². The zero-order chi connectivity index (χ0) is 17.3. The number of amides is 1. The van der Waals surface area contributed by atoms with Crippen LogP contribution in [0.15, 0.2) is 35.1 Å². The summed E-state index contributed by atoms with van der Waals surface area (Å²) in [5.74, 6) is -1.13. The molecule has 6 heteroatoms. The monoisotopic (exact) mass is 328 g/mol. The number of rotatable bonds is 3. The number of aliphatic carboxylic acids is 1. The van der Waals surface area contributed by atoms with E-state index in [0.717, 1.165) is 12.8 Å². The Bertz CT molecular complexity index is 847. The highest BCUT2D eigenvalue weighted by Crippen LogP contribution is 2.32. The lowest BCUT2D eigenvalue weighted by Crippen LogP contribution is -2.56. The number of fused-ring (bicyclic) bond motifs is 1. The van der Waals surface area contributed by atoms with Crippen LogP contribution in [-0.2, 0) is 4.79 Å². The van der Waals surface area contributed by atoms with E-state index in [4.69, 9.17) is 0 Å². The molecule has 0 saturated heterocycles. The maximum absolute atomic E-state index is 12.6. The summed E-state index contributed by atoms with van der Waals surface area (Å²) in [6.07, 6.45) is 2.29. The molecule has 0 atom stereocenters. The highest BCUT2D eigenvalue weighted by atomic mass is 16.4. The third-order valence-electron chi connectivity index (χ3n) is 4.89. The number of nitrogens with one attached hydrogen (secondary N) is 2. The maximum atomic E-state index is 12.6. The van der Waals surface area contributed by atoms with E-state index in [9.17, 15) is 19.5 Å². The predicted octanol–water partition coefficient (Wildman–Crippen LogP) is 2.29. The van der Waals surface area contributed by atoms with Gasteiger partial charge in [0.05, 0.1) is 0 Å². The van der Waals surface area contributed by atoms with Crippen molar-refractivity contribution in [3.63, 3.8) is 0 Å². The topological polar surface area (TPSA) is 99.3 Å². The summed E-state index contributed by atoms with van der Waals surface area (Å²) in [4.78, 5) is 38.9. The van der Waals surface area contributed by atoms with E-state index >= 15 is 0 Å². The van der Waals surface area contributed by atoms with Gasteiger partial charge in [-0.2, -0.15) is 0 Å². The predicted molar refractivity (Wildman–Crippen MR) is 90.0 cm³/mol. The van der Waals surface area contributed by atoms with Crippen LogP contribution < -0.4 is 10.9 Å². The summed E-state index contributed by atoms with van der Waals surface area (Å²) >= 11 is 0. The summed E-state index contributed by atoms with van der Waals surface area (Å²) in [7, 11) is 0. The number of benzene rings is 1. The van der Waals surface area contributed by atoms with E-state index in [2.05, 4.69) is 17.2 Å². The van der Waals surface area contributed by atoms with Gasteiger partial charge >= 0.3 is 5.97 Å². The molecule has 1 fully saturated rings. The number of pyridine rings is 1. The van der Waals surface area contributed by atoms with Gasteiger partial charge in [0, 0.05) is 5.39 Å². The molecule has 0 bridgehead atoms. The summed E-state index contributed by atoms with van der Waals surface area (Å²) in [6.45, 7) is 2.08. The molecule has 1 saturated carbocycles. The normalized spacial score (nSPS) is 23.8. The van der Waals surface area contributed by atoms with Crippen LogP contribution in [-0.4, -0.2) is 27.5 Å². The number of hydrogen-bond donors (Lipinski definition) is 3. The molecule has 3 rings (SSSR count). The summed E-state index contributed by atoms with van der Waals surface area (Å²) in [5.41, 5.74) is -1.54. The molecule has 1 aromatic heterocycles. The summed E-state index contributed by atoms with van der Waals surface area (Å²) in [6, 6.07) is 8.53. The minimum atomic E-state index is -1.26. The Hall–Kier alpha value is -2.63. The van der Waals surface area contributed by atoms with Crippen molar-refractivity contribution in [2.45, 2.75) is 38.1 Å². The number of carbonyl (C=O) groups is 2. The standard InChI is InChI=1S/C18H20N2O4/c1-11-6-8-18(9-7-11,17(23)24)20-16(22)14-10-12-4-2-3-5-13(12)15(21)19-14/h2-5,10-11H,6-9H2,1H3,(H,19,21)(H,20,22)(H,23,24). The highest BCUT2D eigenvalue weighted by molar-refractivity contribution is 5.99. The van der Waals surface area contributed by atoms with E-state index in [1.165, 1.54) is 0 Å². The van der Waals surface area contributed by atoms with Crippen LogP contribution in [0.4, 0.5) is 0 Å². The first-order valence-corrected chi connectivity index (χ1v) is 8.09. The van der Waals surface area contributed by atoms with Crippen molar-refractivity contribution in [2.75, 3.05) is 0 Å². The number of hydrogen-bond acceptors (Lipinski definition) is 3. The van der Waals surface area contributed by atoms with Crippen LogP contribution in [0.5, 0.6) is 0 Å². The van der Waals surface area contributed by atoms with Crippen molar-refractivity contribution in [1.29, 1.82) is 0 Å². The van der Waals surface area contributed by atoms with Crippen LogP contribution in [0, 0.1) is 5.92 Å². The molecule has 0 radical (unpaired) electrons. The fourth-order valence-corrected chi connectivity index (χ4v) is 3.27. The lowest BCUT2D eigenvalue weighted by molar-refractivity contribution is -0.146. The molecule has 1 heterocycles. The van der Waals surface area contributed by atoms with Gasteiger partial charge in [-0.05, 0) is 49.1 Å². The Kier molecular flexibility index (Phi) is 4.13. The average molecular weight is 328 g/mol. The van der Waals surface area contributed by atoms with Crippen molar-refractivity contribution >= 4 is 22.6 Å². The van der Waals surface area contributed by atoms with Gasteiger partial charge in [0.2, 0.25) is 0 Å². The molecule has 0 aliphatic heterocycles. The second kappa shape index (κ2) is 6.11. The third kappa shape index (κ3) is 2.91. The fraction of sp³-hybridized carbons (Fsp3) is 0.389. The lowest BCUT2D eigenvalue weighted by Gasteiger charge is -2.36. The van der Waals surface area contributed by atoms with Crippen LogP contribution in [0.2, 0.25) is 0 Å². The van der Waals surface area contributed by atoms with Gasteiger partial charge < -0.3 is 15.4 Å². The van der Waals surface area contributed by atoms with Crippen molar-refractivity contribution in [3.05, 3.63) is 46.4 Å². The smallest absolute Gasteiger partial charge is 0.329 e. The van der Waals surface area contributed by atoms with Gasteiger partial charge in [0.15, 0.2) is 0 Å². The number of aromatic amines is 1. The quantitative estimate of drug-likeness (QED) is 0.805. The molecule has 1 aromatic carbocycles. The molecular formula is C18H20N2O4. The van der Waals surface area contributed by atoms with Crippen molar-refractivity contribution < 1.29 is 14.7 Å². The van der Waals surface area contributed by atoms with Crippen molar-refractivity contribution in [3.8, 4) is 0 Å². The number of aromatic nitrogens is 1. The SMILES string of the molecule is CC1CCC(NC(=O)c2cc3ccccc3c(=O)[nH]2)(C(=O)O)CC1. The van der Waals surface area contributed by atoms with Crippen LogP contribution in [0.25, 0.3) is 10.8 Å². The zero-order valence-electron chi connectivity index (χ0n) is 13.5. The number of carboxylic acid groups (broad SMARTS) is 1. The molecule has 2 aromatic rings. The molecule has 0 spiro atoms. The van der Waals surface area contributed by atoms with Gasteiger partial charge in [-0.3, -0.25) is 9.59 Å². The molecule has 6 nitrogen and oxygen atoms in total. The first kappa shape index (κ1) is 16.2. The van der Waals surface area contributed by atoms with Crippen LogP contribution in [0.3, 0.4) is 0 Å². The van der Waals surface area contributed by atoms with Crippen LogP contribution in [0.1, 0.15) is 43.1 Å². The maximum Gasteiger partial charge on any atom is 0.329 e. The van der Waals surface area contributed by atoms with Gasteiger partial charge in [-0.15, -0.1) is 0 Å². The Morgan fingerprint density at radius 3 is 2.58 bits per heavy atom. The molecule has 0 unspecified atom stereocenters. The first-order chi connectivity index (χ1) is 11.4. The molecule has 1 aliphatic carbocycles. The molecule has 1 amide bonds. The molecule has 126 valence electrons. The Labute approximate surface area is 138 Å². The fourth-order valence-electron chi connectivity index (χ4n) is 3.27. The van der Waals surface area contributed by atoms with Crippen molar-refractivity contribution in [2.24, 2.45) is 5.92 Å². The molecule has 3 N–H and O–H groups in total. The Morgan fingerprint density at radius 2 is 1.92 bits per heavy atom. The van der Waals surface area contributed by atoms with Gasteiger partial charge in [0.25, 0.3) is 11.5 Å². The van der Waals surface area contributed by atoms with E-state index in [-0.39, 0.29) is 11.3 Å². The first-order valence-electron chi connectivity index (χ1n) is 8.09. The largest absolute Gasteiger partial charge is 0.480 e. The van der Waals surface area contributed by atoms with E-state index < -0.39 is 17.4 Å². The number of carboxylic acids is 1. The van der Waals surface area contributed by atoms with E-state index in [0.29, 0.717) is 29.5 Å². The van der Waals surface area contributed by atoms with Gasteiger partial charge in [-0.25, -0.2) is 4.79 Å². The minimum absolute atomic E-state index is 0.0814. The third-order valence-corrected chi connectivity index (χ3v) is 4.89. The second-order valence-corrected chi connectivity index (χ2v) is 6.62. The zero-order valence-corrected chi connectivity index (χ0v) is 13.5. The van der Waals surface area contributed by atoms with Gasteiger partial charge in [0.1, 0.15) is 11.2 Å². The Balaban J connectivity index is 1.91.